The molecule has 0 N–H and O–H groups in total. The van der Waals surface area contributed by atoms with Gasteiger partial charge >= 0.3 is 5.97 Å². The predicted molar refractivity (Wildman–Crippen MR) is 120 cm³/mol. The molecule has 0 bridgehead atoms. The van der Waals surface area contributed by atoms with Crippen LogP contribution in [-0.4, -0.2) is 48.8 Å². The van der Waals surface area contributed by atoms with Gasteiger partial charge in [-0.05, 0) is 94.6 Å². The van der Waals surface area contributed by atoms with E-state index in [-0.39, 0.29) is 12.5 Å². The minimum absolute atomic E-state index is 0.0271. The molecule has 0 aliphatic carbocycles. The van der Waals surface area contributed by atoms with E-state index in [1.807, 2.05) is 32.1 Å². The second-order valence-corrected chi connectivity index (χ2v) is 8.43. The van der Waals surface area contributed by atoms with E-state index in [0.717, 1.165) is 17.9 Å². The van der Waals surface area contributed by atoms with Crippen molar-refractivity contribution in [3.63, 3.8) is 0 Å². The quantitative estimate of drug-likeness (QED) is 0.283. The van der Waals surface area contributed by atoms with Crippen LogP contribution in [0, 0.1) is 7.14 Å². The Kier molecular flexibility index (Phi) is 8.20. The van der Waals surface area contributed by atoms with E-state index in [1.54, 1.807) is 4.90 Å². The van der Waals surface area contributed by atoms with Crippen LogP contribution in [0.1, 0.15) is 19.4 Å². The van der Waals surface area contributed by atoms with Crippen molar-refractivity contribution in [1.82, 2.24) is 4.90 Å². The van der Waals surface area contributed by atoms with E-state index in [2.05, 4.69) is 54.9 Å². The molecule has 0 aromatic heterocycles. The molecule has 1 saturated heterocycles. The number of methoxy groups -OCH3 is 1. The van der Waals surface area contributed by atoms with Crippen molar-refractivity contribution in [3.8, 4) is 5.75 Å². The number of amides is 1. The second-order valence-electron chi connectivity index (χ2n) is 5.10. The molecule has 1 aliphatic heterocycles. The summed E-state index contributed by atoms with van der Waals surface area (Å²) in [6, 6.07) is 3.84. The van der Waals surface area contributed by atoms with Crippen molar-refractivity contribution in [3.05, 3.63) is 29.7 Å². The number of carbonyl (C=O) groups is 2. The Morgan fingerprint density at radius 3 is 2.50 bits per heavy atom. The van der Waals surface area contributed by atoms with Crippen LogP contribution in [0.2, 0.25) is 0 Å². The van der Waals surface area contributed by atoms with Crippen LogP contribution >= 0.6 is 56.9 Å². The number of carbonyl (C=O) groups excluding carboxylic acids is 2. The normalized spacial score (nSPS) is 17.3. The van der Waals surface area contributed by atoms with Gasteiger partial charge in [0.15, 0.2) is 11.8 Å². The van der Waals surface area contributed by atoms with Gasteiger partial charge in [0.1, 0.15) is 5.75 Å². The van der Waals surface area contributed by atoms with Crippen LogP contribution in [0.25, 0.3) is 6.08 Å². The Morgan fingerprint density at radius 1 is 1.31 bits per heavy atom. The van der Waals surface area contributed by atoms with Gasteiger partial charge in [-0.15, -0.1) is 0 Å². The van der Waals surface area contributed by atoms with Crippen LogP contribution < -0.4 is 4.74 Å². The maximum Gasteiger partial charge on any atom is 0.343 e. The number of benzene rings is 1. The summed E-state index contributed by atoms with van der Waals surface area (Å²) >= 11 is 5.70. The molecular weight excluding hydrogens is 582 g/mol. The van der Waals surface area contributed by atoms with Crippen LogP contribution in [0.3, 0.4) is 0 Å². The number of ether oxygens (including phenoxy) is 2. The Balaban J connectivity index is 2.27. The highest BCUT2D eigenvalue weighted by Crippen LogP contribution is 2.34. The molecule has 0 atom stereocenters. The summed E-state index contributed by atoms with van der Waals surface area (Å²) in [6.45, 7) is 4.98. The fourth-order valence-corrected chi connectivity index (χ4v) is 5.41. The number of thioether (sulfide) groups is 1. The molecule has 26 heavy (non-hydrogen) atoms. The fourth-order valence-electron chi connectivity index (χ4n) is 2.18. The van der Waals surface area contributed by atoms with E-state index in [0.29, 0.717) is 23.7 Å². The standard InChI is InChI=1S/C17H18I2N2O4S/c1-4-20-17-21(5-2)16(23)13(26-17)8-10-6-11(18)15(12(19)7-10)25-9-14(22)24-3/h6-8H,4-5,9H2,1-3H3/b13-8+,20-17?. The summed E-state index contributed by atoms with van der Waals surface area (Å²) in [5, 5.41) is 0.744. The highest BCUT2D eigenvalue weighted by Gasteiger charge is 2.31. The van der Waals surface area contributed by atoms with Crippen molar-refractivity contribution in [2.24, 2.45) is 4.99 Å². The van der Waals surface area contributed by atoms with Gasteiger partial charge in [-0.2, -0.15) is 0 Å². The van der Waals surface area contributed by atoms with Gasteiger partial charge in [0.2, 0.25) is 0 Å². The van der Waals surface area contributed by atoms with Crippen LogP contribution in [0.5, 0.6) is 5.75 Å². The first kappa shape index (κ1) is 21.5. The third kappa shape index (κ3) is 5.12. The molecule has 2 rings (SSSR count). The average Bonchev–Trinajstić information content (AvgIpc) is 2.89. The lowest BCUT2D eigenvalue weighted by Gasteiger charge is -2.11. The van der Waals surface area contributed by atoms with Crippen molar-refractivity contribution < 1.29 is 19.1 Å². The minimum atomic E-state index is -0.432. The van der Waals surface area contributed by atoms with Crippen molar-refractivity contribution in [2.75, 3.05) is 26.8 Å². The third-order valence-electron chi connectivity index (χ3n) is 3.38. The first-order valence-corrected chi connectivity index (χ1v) is 10.8. The molecule has 140 valence electrons. The Bertz CT molecular complexity index is 757. The highest BCUT2D eigenvalue weighted by atomic mass is 127. The second kappa shape index (κ2) is 9.93. The molecule has 1 aromatic carbocycles. The molecule has 1 aromatic rings. The topological polar surface area (TPSA) is 68.2 Å². The zero-order valence-corrected chi connectivity index (χ0v) is 19.7. The zero-order valence-electron chi connectivity index (χ0n) is 14.5. The number of likely N-dealkylation sites (N-methyl/N-ethyl adjacent to an activating group) is 1. The van der Waals surface area contributed by atoms with Gasteiger partial charge in [0, 0.05) is 13.1 Å². The Labute approximate surface area is 184 Å². The molecule has 9 heteroatoms. The molecule has 0 unspecified atom stereocenters. The fraction of sp³-hybridized carbons (Fsp3) is 0.353. The molecule has 0 radical (unpaired) electrons. The third-order valence-corrected chi connectivity index (χ3v) is 6.03. The highest BCUT2D eigenvalue weighted by molar-refractivity contribution is 14.1. The number of esters is 1. The van der Waals surface area contributed by atoms with Gasteiger partial charge in [0.05, 0.1) is 19.2 Å². The summed E-state index contributed by atoms with van der Waals surface area (Å²) in [5.74, 6) is 0.173. The van der Waals surface area contributed by atoms with E-state index in [9.17, 15) is 9.59 Å². The molecule has 1 aliphatic rings. The number of hydrogen-bond donors (Lipinski definition) is 0. The average molecular weight is 600 g/mol. The van der Waals surface area contributed by atoms with E-state index >= 15 is 0 Å². The van der Waals surface area contributed by atoms with Gasteiger partial charge in [0.25, 0.3) is 5.91 Å². The van der Waals surface area contributed by atoms with E-state index in [1.165, 1.54) is 18.9 Å². The van der Waals surface area contributed by atoms with Crippen LogP contribution in [0.4, 0.5) is 0 Å². The van der Waals surface area contributed by atoms with E-state index < -0.39 is 5.97 Å². The summed E-state index contributed by atoms with van der Waals surface area (Å²) in [4.78, 5) is 30.5. The molecule has 1 amide bonds. The lowest BCUT2D eigenvalue weighted by Crippen LogP contribution is -2.28. The SMILES string of the molecule is CCN=C1S/C(=C/c2cc(I)c(OCC(=O)OC)c(I)c2)C(=O)N1CC. The maximum atomic E-state index is 12.5. The minimum Gasteiger partial charge on any atom is -0.480 e. The molecule has 1 fully saturated rings. The van der Waals surface area contributed by atoms with Gasteiger partial charge in [-0.3, -0.25) is 14.7 Å². The smallest absolute Gasteiger partial charge is 0.343 e. The lowest BCUT2D eigenvalue weighted by atomic mass is 10.2. The molecular formula is C17H18I2N2O4S. The number of halogens is 2. The monoisotopic (exact) mass is 600 g/mol. The number of hydrogen-bond acceptors (Lipinski definition) is 6. The number of amidine groups is 1. The first-order valence-electron chi connectivity index (χ1n) is 7.85. The Morgan fingerprint density at radius 2 is 1.96 bits per heavy atom. The summed E-state index contributed by atoms with van der Waals surface area (Å²) in [6.07, 6.45) is 1.86. The molecule has 0 saturated carbocycles. The molecule has 1 heterocycles. The number of aliphatic imine (C=N–C) groups is 1. The van der Waals surface area contributed by atoms with E-state index in [4.69, 9.17) is 4.74 Å². The summed E-state index contributed by atoms with van der Waals surface area (Å²) in [7, 11) is 1.32. The zero-order chi connectivity index (χ0) is 19.3. The largest absolute Gasteiger partial charge is 0.480 e. The number of rotatable bonds is 6. The number of nitrogens with zero attached hydrogens (tertiary/aromatic N) is 2. The first-order chi connectivity index (χ1) is 12.4. The maximum absolute atomic E-state index is 12.5. The van der Waals surface area contributed by atoms with Gasteiger partial charge in [-0.25, -0.2) is 4.79 Å². The summed E-state index contributed by atoms with van der Waals surface area (Å²) < 4.78 is 11.8. The molecule has 6 nitrogen and oxygen atoms in total. The van der Waals surface area contributed by atoms with Crippen LogP contribution in [-0.2, 0) is 14.3 Å². The van der Waals surface area contributed by atoms with Crippen molar-refractivity contribution in [2.45, 2.75) is 13.8 Å². The van der Waals surface area contributed by atoms with Crippen molar-refractivity contribution in [1.29, 1.82) is 0 Å². The van der Waals surface area contributed by atoms with Gasteiger partial charge < -0.3 is 9.47 Å². The summed E-state index contributed by atoms with van der Waals surface area (Å²) in [5.41, 5.74) is 0.897. The molecule has 0 spiro atoms. The predicted octanol–water partition coefficient (Wildman–Crippen LogP) is 3.76. The van der Waals surface area contributed by atoms with Crippen molar-refractivity contribution >= 4 is 80.1 Å². The lowest BCUT2D eigenvalue weighted by molar-refractivity contribution is -0.143. The van der Waals surface area contributed by atoms with Gasteiger partial charge in [-0.1, -0.05) is 0 Å². The van der Waals surface area contributed by atoms with Crippen LogP contribution in [0.15, 0.2) is 22.0 Å². The Hall–Kier alpha value is -0.820.